The topological polar surface area (TPSA) is 20.3 Å². The van der Waals surface area contributed by atoms with Gasteiger partial charge in [-0.25, -0.2) is 0 Å². The maximum absolute atomic E-state index is 11.6. The van der Waals surface area contributed by atoms with Crippen molar-refractivity contribution in [2.75, 3.05) is 13.1 Å². The van der Waals surface area contributed by atoms with Gasteiger partial charge in [-0.15, -0.1) is 0 Å². The van der Waals surface area contributed by atoms with Crippen molar-refractivity contribution < 1.29 is 4.79 Å². The molecule has 0 N–H and O–H groups in total. The molecule has 0 aromatic heterocycles. The van der Waals surface area contributed by atoms with Crippen molar-refractivity contribution in [2.45, 2.75) is 36.9 Å². The number of amides is 1. The molecule has 1 heterocycles. The Morgan fingerprint density at radius 3 is 2.93 bits per heavy atom. The Hall–Kier alpha value is -0.310. The van der Waals surface area contributed by atoms with Crippen LogP contribution in [0.3, 0.4) is 0 Å². The van der Waals surface area contributed by atoms with E-state index in [0.717, 1.165) is 19.5 Å². The number of alkyl halides is 1. The first-order valence-corrected chi connectivity index (χ1v) is 6.30. The molecule has 1 unspecified atom stereocenters. The average molecular weight is 258 g/mol. The van der Waals surface area contributed by atoms with Gasteiger partial charge < -0.3 is 4.90 Å². The molecule has 1 amide bonds. The number of rotatable bonds is 2. The molecule has 1 aliphatic heterocycles. The molecule has 3 heteroatoms. The second kappa shape index (κ2) is 4.47. The quantitative estimate of drug-likeness (QED) is 0.550. The van der Waals surface area contributed by atoms with E-state index < -0.39 is 0 Å². The molecule has 1 saturated heterocycles. The Morgan fingerprint density at radius 2 is 2.36 bits per heavy atom. The van der Waals surface area contributed by atoms with Crippen molar-refractivity contribution in [2.24, 2.45) is 0 Å². The third-order valence-corrected chi connectivity index (χ3v) is 3.86. The smallest absolute Gasteiger partial charge is 0.236 e. The minimum atomic E-state index is 0.0756. The summed E-state index contributed by atoms with van der Waals surface area (Å²) in [6.07, 6.45) is 8.29. The number of halogens is 1. The predicted octanol–water partition coefficient (Wildman–Crippen LogP) is 2.48. The number of nitrogens with zero attached hydrogens (tertiary/aromatic N) is 1. The lowest BCUT2D eigenvalue weighted by Gasteiger charge is -2.20. The highest BCUT2D eigenvalue weighted by molar-refractivity contribution is 9.10. The zero-order chi connectivity index (χ0) is 9.97. The lowest BCUT2D eigenvalue weighted by Crippen LogP contribution is -2.29. The fourth-order valence-corrected chi connectivity index (χ4v) is 2.65. The van der Waals surface area contributed by atoms with E-state index in [4.69, 9.17) is 0 Å². The summed E-state index contributed by atoms with van der Waals surface area (Å²) in [5.74, 6) is 0.275. The van der Waals surface area contributed by atoms with Crippen LogP contribution >= 0.6 is 15.9 Å². The molecule has 2 aliphatic rings. The van der Waals surface area contributed by atoms with E-state index in [0.29, 0.717) is 0 Å². The molecular formula is C11H16BrNO. The van der Waals surface area contributed by atoms with Crippen LogP contribution in [0.5, 0.6) is 0 Å². The molecule has 1 aliphatic carbocycles. The van der Waals surface area contributed by atoms with Gasteiger partial charge in [-0.3, -0.25) is 4.79 Å². The lowest BCUT2D eigenvalue weighted by molar-refractivity contribution is -0.126. The number of carbonyl (C=O) groups is 1. The van der Waals surface area contributed by atoms with Crippen molar-refractivity contribution in [1.29, 1.82) is 0 Å². The lowest BCUT2D eigenvalue weighted by atomic mass is 9.99. The van der Waals surface area contributed by atoms with Gasteiger partial charge in [-0.05, 0) is 32.1 Å². The molecule has 1 atom stereocenters. The molecular weight excluding hydrogens is 242 g/mol. The normalized spacial score (nSPS) is 28.1. The zero-order valence-corrected chi connectivity index (χ0v) is 9.92. The summed E-state index contributed by atoms with van der Waals surface area (Å²) < 4.78 is 0. The summed E-state index contributed by atoms with van der Waals surface area (Å²) in [6.45, 7) is 1.80. The Balaban J connectivity index is 1.91. The van der Waals surface area contributed by atoms with Crippen LogP contribution in [-0.4, -0.2) is 28.7 Å². The largest absolute Gasteiger partial charge is 0.338 e. The van der Waals surface area contributed by atoms with Crippen molar-refractivity contribution in [3.05, 3.63) is 11.6 Å². The Bertz CT molecular complexity index is 262. The maximum Gasteiger partial charge on any atom is 0.236 e. The van der Waals surface area contributed by atoms with Gasteiger partial charge in [0.15, 0.2) is 0 Å². The van der Waals surface area contributed by atoms with Gasteiger partial charge in [0.05, 0.1) is 4.83 Å². The van der Waals surface area contributed by atoms with Crippen LogP contribution in [0, 0.1) is 0 Å². The van der Waals surface area contributed by atoms with E-state index in [-0.39, 0.29) is 10.7 Å². The number of hydrogen-bond acceptors (Lipinski definition) is 1. The molecule has 1 fully saturated rings. The number of allylic oxidation sites excluding steroid dienone is 1. The van der Waals surface area contributed by atoms with E-state index >= 15 is 0 Å². The van der Waals surface area contributed by atoms with Crippen molar-refractivity contribution >= 4 is 21.8 Å². The third-order valence-electron chi connectivity index (χ3n) is 3.01. The van der Waals surface area contributed by atoms with E-state index in [1.165, 1.54) is 31.3 Å². The molecule has 14 heavy (non-hydrogen) atoms. The first-order valence-electron chi connectivity index (χ1n) is 5.38. The van der Waals surface area contributed by atoms with Crippen LogP contribution in [-0.2, 0) is 4.79 Å². The monoisotopic (exact) mass is 257 g/mol. The van der Waals surface area contributed by atoms with Crippen LogP contribution in [0.15, 0.2) is 11.6 Å². The number of likely N-dealkylation sites (tertiary alicyclic amines) is 1. The third kappa shape index (κ3) is 2.19. The Morgan fingerprint density at radius 1 is 1.50 bits per heavy atom. The molecule has 78 valence electrons. The van der Waals surface area contributed by atoms with Crippen LogP contribution in [0.4, 0.5) is 0 Å². The molecule has 0 bridgehead atoms. The van der Waals surface area contributed by atoms with Crippen LogP contribution < -0.4 is 0 Å². The van der Waals surface area contributed by atoms with E-state index in [9.17, 15) is 4.79 Å². The fourth-order valence-electron chi connectivity index (χ4n) is 2.15. The van der Waals surface area contributed by atoms with Gasteiger partial charge in [0.1, 0.15) is 0 Å². The highest BCUT2D eigenvalue weighted by Crippen LogP contribution is 2.23. The van der Waals surface area contributed by atoms with Gasteiger partial charge in [0, 0.05) is 13.1 Å². The van der Waals surface area contributed by atoms with Crippen molar-refractivity contribution in [3.8, 4) is 0 Å². The predicted molar refractivity (Wildman–Crippen MR) is 60.5 cm³/mol. The number of carbonyl (C=O) groups excluding carboxylic acids is 1. The fraction of sp³-hybridized carbons (Fsp3) is 0.727. The zero-order valence-electron chi connectivity index (χ0n) is 8.34. The first kappa shape index (κ1) is 10.2. The first-order chi connectivity index (χ1) is 6.77. The number of hydrogen-bond donors (Lipinski definition) is 0. The van der Waals surface area contributed by atoms with Gasteiger partial charge in [0.25, 0.3) is 0 Å². The van der Waals surface area contributed by atoms with Gasteiger partial charge in [-0.2, -0.15) is 0 Å². The minimum Gasteiger partial charge on any atom is -0.338 e. The van der Waals surface area contributed by atoms with E-state index in [2.05, 4.69) is 22.0 Å². The molecule has 0 aromatic rings. The Kier molecular flexibility index (Phi) is 3.26. The van der Waals surface area contributed by atoms with Crippen molar-refractivity contribution in [1.82, 2.24) is 4.90 Å². The average Bonchev–Trinajstić information content (AvgIpc) is 2.52. The van der Waals surface area contributed by atoms with Crippen LogP contribution in [0.2, 0.25) is 0 Å². The van der Waals surface area contributed by atoms with E-state index in [1.54, 1.807) is 0 Å². The highest BCUT2D eigenvalue weighted by atomic mass is 79.9. The van der Waals surface area contributed by atoms with Crippen LogP contribution in [0.1, 0.15) is 32.1 Å². The minimum absolute atomic E-state index is 0.0756. The van der Waals surface area contributed by atoms with E-state index in [1.807, 2.05) is 4.90 Å². The summed E-state index contributed by atoms with van der Waals surface area (Å²) in [5.41, 5.74) is 1.46. The standard InChI is InChI=1S/C11H16BrNO/c12-10-6-7-13(11(10)14)8-9-4-2-1-3-5-9/h4,10H,1-3,5-8H2. The summed E-state index contributed by atoms with van der Waals surface area (Å²) in [6, 6.07) is 0. The molecule has 2 rings (SSSR count). The molecule has 0 radical (unpaired) electrons. The summed E-state index contributed by atoms with van der Waals surface area (Å²) >= 11 is 3.40. The molecule has 0 spiro atoms. The molecule has 0 saturated carbocycles. The second-order valence-electron chi connectivity index (χ2n) is 4.12. The molecule has 2 nitrogen and oxygen atoms in total. The Labute approximate surface area is 93.5 Å². The summed E-state index contributed by atoms with van der Waals surface area (Å²) in [7, 11) is 0. The highest BCUT2D eigenvalue weighted by Gasteiger charge is 2.29. The molecule has 0 aromatic carbocycles. The van der Waals surface area contributed by atoms with Crippen LogP contribution in [0.25, 0.3) is 0 Å². The van der Waals surface area contributed by atoms with Gasteiger partial charge >= 0.3 is 0 Å². The maximum atomic E-state index is 11.6. The van der Waals surface area contributed by atoms with Gasteiger partial charge in [0.2, 0.25) is 5.91 Å². The summed E-state index contributed by atoms with van der Waals surface area (Å²) in [4.78, 5) is 13.7. The van der Waals surface area contributed by atoms with Gasteiger partial charge in [-0.1, -0.05) is 27.6 Å². The van der Waals surface area contributed by atoms with Crippen molar-refractivity contribution in [3.63, 3.8) is 0 Å². The SMILES string of the molecule is O=C1C(Br)CCN1CC1=CCCCC1. The second-order valence-corrected chi connectivity index (χ2v) is 5.23. The summed E-state index contributed by atoms with van der Waals surface area (Å²) in [5, 5.41) is 0.